The molecule has 0 fully saturated rings. The van der Waals surface area contributed by atoms with Gasteiger partial charge in [0.05, 0.1) is 6.61 Å². The van der Waals surface area contributed by atoms with Crippen molar-refractivity contribution >= 4 is 9.84 Å². The highest BCUT2D eigenvalue weighted by atomic mass is 32.2. The predicted octanol–water partition coefficient (Wildman–Crippen LogP) is 2.30. The molecule has 4 nitrogen and oxygen atoms in total. The van der Waals surface area contributed by atoms with Gasteiger partial charge in [-0.2, -0.15) is 0 Å². The van der Waals surface area contributed by atoms with Gasteiger partial charge in [-0.3, -0.25) is 0 Å². The number of sulfone groups is 1. The Kier molecular flexibility index (Phi) is 6.31. The van der Waals surface area contributed by atoms with Gasteiger partial charge in [0.25, 0.3) is 0 Å². The molecule has 0 aliphatic rings. The van der Waals surface area contributed by atoms with Gasteiger partial charge >= 0.3 is 0 Å². The van der Waals surface area contributed by atoms with Crippen LogP contribution in [0.4, 0.5) is 0 Å². The van der Waals surface area contributed by atoms with Gasteiger partial charge in [0.15, 0.2) is 0 Å². The van der Waals surface area contributed by atoms with Crippen molar-refractivity contribution in [3.63, 3.8) is 0 Å². The van der Waals surface area contributed by atoms with Gasteiger partial charge in [-0.25, -0.2) is 8.42 Å². The number of rotatable bonds is 8. The molecule has 0 bridgehead atoms. The molecule has 1 unspecified atom stereocenters. The van der Waals surface area contributed by atoms with Crippen molar-refractivity contribution in [3.8, 4) is 5.75 Å². The average Bonchev–Trinajstić information content (AvgIpc) is 2.35. The SMILES string of the molecule is CCCOc1cccc(C(N)CCCS(C)(=O)=O)c1. The second-order valence-electron chi connectivity index (χ2n) is 4.80. The first-order valence-corrected chi connectivity index (χ1v) is 8.64. The molecule has 1 aromatic rings. The molecule has 19 heavy (non-hydrogen) atoms. The van der Waals surface area contributed by atoms with E-state index in [0.29, 0.717) is 19.4 Å². The van der Waals surface area contributed by atoms with Gasteiger partial charge < -0.3 is 10.5 Å². The van der Waals surface area contributed by atoms with E-state index in [4.69, 9.17) is 10.5 Å². The molecule has 0 spiro atoms. The summed E-state index contributed by atoms with van der Waals surface area (Å²) in [6.45, 7) is 2.74. The number of nitrogens with two attached hydrogens (primary N) is 1. The molecule has 0 saturated carbocycles. The Morgan fingerprint density at radius 3 is 2.74 bits per heavy atom. The maximum Gasteiger partial charge on any atom is 0.147 e. The van der Waals surface area contributed by atoms with Crippen LogP contribution in [-0.2, 0) is 9.84 Å². The molecule has 0 aliphatic heterocycles. The zero-order chi connectivity index (χ0) is 14.3. The van der Waals surface area contributed by atoms with E-state index in [1.165, 1.54) is 6.26 Å². The fourth-order valence-corrected chi connectivity index (χ4v) is 2.48. The lowest BCUT2D eigenvalue weighted by atomic mass is 10.0. The largest absolute Gasteiger partial charge is 0.494 e. The van der Waals surface area contributed by atoms with E-state index >= 15 is 0 Å². The van der Waals surface area contributed by atoms with E-state index < -0.39 is 9.84 Å². The molecule has 0 saturated heterocycles. The second-order valence-corrected chi connectivity index (χ2v) is 7.06. The van der Waals surface area contributed by atoms with Gasteiger partial charge in [0.1, 0.15) is 15.6 Å². The molecule has 5 heteroatoms. The lowest BCUT2D eigenvalue weighted by Crippen LogP contribution is -2.13. The van der Waals surface area contributed by atoms with E-state index in [2.05, 4.69) is 6.92 Å². The van der Waals surface area contributed by atoms with Crippen LogP contribution in [0.15, 0.2) is 24.3 Å². The van der Waals surface area contributed by atoms with E-state index in [9.17, 15) is 8.42 Å². The van der Waals surface area contributed by atoms with Crippen LogP contribution in [0.2, 0.25) is 0 Å². The Balaban J connectivity index is 2.54. The van der Waals surface area contributed by atoms with Crippen LogP contribution in [0, 0.1) is 0 Å². The molecule has 1 aromatic carbocycles. The van der Waals surface area contributed by atoms with Crippen molar-refractivity contribution in [1.82, 2.24) is 0 Å². The molecule has 0 aliphatic carbocycles. The Hall–Kier alpha value is -1.07. The van der Waals surface area contributed by atoms with E-state index in [-0.39, 0.29) is 11.8 Å². The molecular formula is C14H23NO3S. The van der Waals surface area contributed by atoms with E-state index in [1.54, 1.807) is 0 Å². The van der Waals surface area contributed by atoms with E-state index in [1.807, 2.05) is 24.3 Å². The molecule has 1 rings (SSSR count). The molecule has 0 aromatic heterocycles. The minimum Gasteiger partial charge on any atom is -0.494 e. The topological polar surface area (TPSA) is 69.4 Å². The number of benzene rings is 1. The van der Waals surface area contributed by atoms with Crippen molar-refractivity contribution in [1.29, 1.82) is 0 Å². The molecule has 1 atom stereocenters. The lowest BCUT2D eigenvalue weighted by molar-refractivity contribution is 0.317. The summed E-state index contributed by atoms with van der Waals surface area (Å²) < 4.78 is 27.7. The van der Waals surface area contributed by atoms with Gasteiger partial charge in [-0.1, -0.05) is 19.1 Å². The van der Waals surface area contributed by atoms with Crippen LogP contribution < -0.4 is 10.5 Å². The van der Waals surface area contributed by atoms with Crippen LogP contribution in [0.3, 0.4) is 0 Å². The molecular weight excluding hydrogens is 262 g/mol. The van der Waals surface area contributed by atoms with Gasteiger partial charge in [-0.15, -0.1) is 0 Å². The first kappa shape index (κ1) is 16.0. The normalized spacial score (nSPS) is 13.2. The molecule has 2 N–H and O–H groups in total. The monoisotopic (exact) mass is 285 g/mol. The third kappa shape index (κ3) is 6.59. The molecule has 0 amide bonds. The van der Waals surface area contributed by atoms with Crippen LogP contribution in [0.25, 0.3) is 0 Å². The minimum absolute atomic E-state index is 0.146. The van der Waals surface area contributed by atoms with Gasteiger partial charge in [0.2, 0.25) is 0 Å². The fourth-order valence-electron chi connectivity index (χ4n) is 1.79. The summed E-state index contributed by atoms with van der Waals surface area (Å²) in [5.74, 6) is 1.00. The maximum atomic E-state index is 11.1. The summed E-state index contributed by atoms with van der Waals surface area (Å²) in [5, 5.41) is 0. The standard InChI is InChI=1S/C14H23NO3S/c1-3-9-18-13-7-4-6-12(11-13)14(15)8-5-10-19(2,16)17/h4,6-7,11,14H,3,5,8-10,15H2,1-2H3. The van der Waals surface area contributed by atoms with E-state index in [0.717, 1.165) is 17.7 Å². The Morgan fingerprint density at radius 2 is 2.11 bits per heavy atom. The molecule has 0 heterocycles. The zero-order valence-electron chi connectivity index (χ0n) is 11.6. The van der Waals surface area contributed by atoms with Crippen molar-refractivity contribution in [2.24, 2.45) is 5.73 Å². The third-order valence-corrected chi connectivity index (χ3v) is 3.82. The summed E-state index contributed by atoms with van der Waals surface area (Å²) >= 11 is 0. The maximum absolute atomic E-state index is 11.1. The van der Waals surface area contributed by atoms with Crippen LogP contribution >= 0.6 is 0 Å². The summed E-state index contributed by atoms with van der Waals surface area (Å²) in [4.78, 5) is 0. The second kappa shape index (κ2) is 7.50. The summed E-state index contributed by atoms with van der Waals surface area (Å²) in [6, 6.07) is 7.55. The number of hydrogen-bond donors (Lipinski definition) is 1. The van der Waals surface area contributed by atoms with Crippen molar-refractivity contribution in [2.45, 2.75) is 32.2 Å². The zero-order valence-corrected chi connectivity index (χ0v) is 12.4. The quantitative estimate of drug-likeness (QED) is 0.795. The highest BCUT2D eigenvalue weighted by molar-refractivity contribution is 7.90. The lowest BCUT2D eigenvalue weighted by Gasteiger charge is -2.13. The van der Waals surface area contributed by atoms with Crippen molar-refractivity contribution in [2.75, 3.05) is 18.6 Å². The summed E-state index contributed by atoms with van der Waals surface area (Å²) in [6.07, 6.45) is 3.45. The summed E-state index contributed by atoms with van der Waals surface area (Å²) in [7, 11) is -2.90. The minimum atomic E-state index is -2.90. The Morgan fingerprint density at radius 1 is 1.37 bits per heavy atom. The summed E-state index contributed by atoms with van der Waals surface area (Å²) in [5.41, 5.74) is 7.06. The first-order chi connectivity index (χ1) is 8.92. The molecule has 108 valence electrons. The van der Waals surface area contributed by atoms with Gasteiger partial charge in [-0.05, 0) is 37.0 Å². The van der Waals surface area contributed by atoms with Crippen LogP contribution in [0.5, 0.6) is 5.75 Å². The van der Waals surface area contributed by atoms with Crippen LogP contribution in [-0.4, -0.2) is 27.0 Å². The third-order valence-electron chi connectivity index (χ3n) is 2.79. The highest BCUT2D eigenvalue weighted by Gasteiger charge is 2.09. The highest BCUT2D eigenvalue weighted by Crippen LogP contribution is 2.21. The van der Waals surface area contributed by atoms with Crippen molar-refractivity contribution in [3.05, 3.63) is 29.8 Å². The first-order valence-electron chi connectivity index (χ1n) is 6.58. The number of hydrogen-bond acceptors (Lipinski definition) is 4. The van der Waals surface area contributed by atoms with Crippen molar-refractivity contribution < 1.29 is 13.2 Å². The predicted molar refractivity (Wildman–Crippen MR) is 78.1 cm³/mol. The average molecular weight is 285 g/mol. The smallest absolute Gasteiger partial charge is 0.147 e. The van der Waals surface area contributed by atoms with Crippen LogP contribution in [0.1, 0.15) is 37.8 Å². The molecule has 0 radical (unpaired) electrons. The number of ether oxygens (including phenoxy) is 1. The van der Waals surface area contributed by atoms with Gasteiger partial charge in [0, 0.05) is 18.1 Å². The Bertz CT molecular complexity index is 485. The Labute approximate surface area is 115 Å². The fraction of sp³-hybridized carbons (Fsp3) is 0.571.